The number of H-pyrrole nitrogens is 1. The Labute approximate surface area is 225 Å². The van der Waals surface area contributed by atoms with Crippen LogP contribution >= 0.6 is 11.3 Å². The number of carbonyl (C=O) groups excluding carboxylic acids is 3. The zero-order valence-electron chi connectivity index (χ0n) is 22.2. The van der Waals surface area contributed by atoms with Gasteiger partial charge in [0.05, 0.1) is 28.2 Å². The summed E-state index contributed by atoms with van der Waals surface area (Å²) >= 11 is 1.58. The average molecular weight is 539 g/mol. The van der Waals surface area contributed by atoms with Crippen LogP contribution in [0, 0.1) is 12.3 Å². The van der Waals surface area contributed by atoms with E-state index in [-0.39, 0.29) is 30.6 Å². The summed E-state index contributed by atoms with van der Waals surface area (Å²) in [6.45, 7) is 9.38. The Morgan fingerprint density at radius 2 is 1.87 bits per heavy atom. The predicted octanol–water partition coefficient (Wildman–Crippen LogP) is 2.83. The van der Waals surface area contributed by atoms with Crippen LogP contribution in [0.2, 0.25) is 0 Å². The lowest BCUT2D eigenvalue weighted by atomic mass is 9.85. The molecule has 0 spiro atoms. The zero-order chi connectivity index (χ0) is 27.6. The number of amides is 3. The maximum absolute atomic E-state index is 13.7. The van der Waals surface area contributed by atoms with Gasteiger partial charge in [-0.1, -0.05) is 45.0 Å². The third-order valence-corrected chi connectivity index (χ3v) is 7.75. The highest BCUT2D eigenvalue weighted by Gasteiger charge is 2.44. The molecule has 4 atom stereocenters. The number of benzene rings is 1. The van der Waals surface area contributed by atoms with Gasteiger partial charge in [0.25, 0.3) is 5.91 Å². The van der Waals surface area contributed by atoms with Crippen molar-refractivity contribution in [1.29, 1.82) is 0 Å². The molecule has 38 heavy (non-hydrogen) atoms. The minimum atomic E-state index is -0.918. The molecule has 3 aromatic rings. The summed E-state index contributed by atoms with van der Waals surface area (Å²) in [6.07, 6.45) is 0.741. The summed E-state index contributed by atoms with van der Waals surface area (Å²) < 4.78 is 0. The summed E-state index contributed by atoms with van der Waals surface area (Å²) in [6, 6.07) is 7.37. The van der Waals surface area contributed by atoms with Gasteiger partial charge in [0.15, 0.2) is 0 Å². The Hall–Kier alpha value is -3.57. The van der Waals surface area contributed by atoms with Crippen LogP contribution in [-0.4, -0.2) is 67.6 Å². The molecule has 1 aromatic carbocycles. The number of aliphatic hydroxyl groups excluding tert-OH is 1. The normalized spacial score (nSPS) is 19.2. The quantitative estimate of drug-likeness (QED) is 0.365. The number of aliphatic hydroxyl groups is 1. The van der Waals surface area contributed by atoms with E-state index in [0.717, 1.165) is 21.7 Å². The molecule has 0 aliphatic carbocycles. The monoisotopic (exact) mass is 538 g/mol. The number of aryl methyl sites for hydroxylation is 1. The molecular weight excluding hydrogens is 504 g/mol. The van der Waals surface area contributed by atoms with E-state index < -0.39 is 35.4 Å². The molecule has 202 valence electrons. The van der Waals surface area contributed by atoms with Crippen molar-refractivity contribution >= 4 is 29.1 Å². The molecule has 1 aliphatic rings. The number of aromatic amines is 1. The second-order valence-corrected chi connectivity index (χ2v) is 11.6. The summed E-state index contributed by atoms with van der Waals surface area (Å²) in [5, 5.41) is 22.6. The van der Waals surface area contributed by atoms with Gasteiger partial charge < -0.3 is 20.6 Å². The lowest BCUT2D eigenvalue weighted by Gasteiger charge is -2.35. The maximum atomic E-state index is 13.7. The average Bonchev–Trinajstić information content (AvgIpc) is 3.62. The van der Waals surface area contributed by atoms with Crippen molar-refractivity contribution in [3.05, 3.63) is 59.0 Å². The molecule has 1 aliphatic heterocycles. The predicted molar refractivity (Wildman–Crippen MR) is 144 cm³/mol. The Bertz CT molecular complexity index is 1280. The third-order valence-electron chi connectivity index (χ3n) is 6.78. The highest BCUT2D eigenvalue weighted by atomic mass is 32.1. The number of rotatable bonds is 7. The van der Waals surface area contributed by atoms with Gasteiger partial charge in [-0.3, -0.25) is 19.5 Å². The number of aromatic nitrogens is 3. The van der Waals surface area contributed by atoms with Gasteiger partial charge in [0.2, 0.25) is 11.8 Å². The van der Waals surface area contributed by atoms with E-state index in [1.165, 1.54) is 17.2 Å². The van der Waals surface area contributed by atoms with Gasteiger partial charge >= 0.3 is 0 Å². The fourth-order valence-corrected chi connectivity index (χ4v) is 5.42. The molecule has 3 amide bonds. The number of carbonyl (C=O) groups is 3. The molecule has 0 radical (unpaired) electrons. The van der Waals surface area contributed by atoms with Crippen molar-refractivity contribution in [3.8, 4) is 10.4 Å². The lowest BCUT2D eigenvalue weighted by molar-refractivity contribution is -0.142. The van der Waals surface area contributed by atoms with Gasteiger partial charge in [-0.25, -0.2) is 4.98 Å². The van der Waals surface area contributed by atoms with Gasteiger partial charge in [0, 0.05) is 19.2 Å². The van der Waals surface area contributed by atoms with Gasteiger partial charge in [-0.2, -0.15) is 5.10 Å². The second kappa shape index (κ2) is 11.0. The first-order chi connectivity index (χ1) is 18.0. The molecule has 3 heterocycles. The fraction of sp³-hybridized carbons (Fsp3) is 0.444. The smallest absolute Gasteiger partial charge is 0.269 e. The molecule has 2 aromatic heterocycles. The number of nitrogens with one attached hydrogen (secondary N) is 3. The van der Waals surface area contributed by atoms with E-state index in [9.17, 15) is 19.5 Å². The highest BCUT2D eigenvalue weighted by molar-refractivity contribution is 7.13. The summed E-state index contributed by atoms with van der Waals surface area (Å²) in [5.41, 5.74) is 4.36. The van der Waals surface area contributed by atoms with E-state index >= 15 is 0 Å². The second-order valence-electron chi connectivity index (χ2n) is 10.8. The molecule has 0 bridgehead atoms. The number of thiazole rings is 1. The van der Waals surface area contributed by atoms with Crippen molar-refractivity contribution in [3.63, 3.8) is 0 Å². The molecule has 1 fully saturated rings. The van der Waals surface area contributed by atoms with Crippen LogP contribution in [0.4, 0.5) is 0 Å². The number of hydrogen-bond donors (Lipinski definition) is 4. The Morgan fingerprint density at radius 3 is 2.45 bits per heavy atom. The van der Waals surface area contributed by atoms with Crippen LogP contribution in [0.3, 0.4) is 0 Å². The largest absolute Gasteiger partial charge is 0.391 e. The SMILES string of the molecule is Cc1ncsc1-c1ccc([C@H](C)NC(=O)[C@@H]2C[C@@H](O)CN2C(=O)[C@@H](NC(=O)c2ccn[nH]2)C(C)(C)C)cc1. The Kier molecular flexibility index (Phi) is 7.98. The van der Waals surface area contributed by atoms with Crippen LogP contribution in [-0.2, 0) is 9.59 Å². The summed E-state index contributed by atoms with van der Waals surface area (Å²) in [7, 11) is 0. The maximum Gasteiger partial charge on any atom is 0.269 e. The Morgan fingerprint density at radius 1 is 1.16 bits per heavy atom. The van der Waals surface area contributed by atoms with E-state index in [2.05, 4.69) is 25.8 Å². The number of nitrogens with zero attached hydrogens (tertiary/aromatic N) is 3. The number of β-amino-alcohol motifs (C(OH)–C–C–N with tert-alkyl or cyclic N) is 1. The minimum absolute atomic E-state index is 0.0146. The van der Waals surface area contributed by atoms with Crippen LogP contribution < -0.4 is 10.6 Å². The van der Waals surface area contributed by atoms with E-state index in [1.54, 1.807) is 11.3 Å². The molecule has 10 nitrogen and oxygen atoms in total. The zero-order valence-corrected chi connectivity index (χ0v) is 23.0. The first-order valence-corrected chi connectivity index (χ1v) is 13.4. The van der Waals surface area contributed by atoms with Crippen molar-refractivity contribution < 1.29 is 19.5 Å². The van der Waals surface area contributed by atoms with Crippen LogP contribution in [0.25, 0.3) is 10.4 Å². The molecule has 0 unspecified atom stereocenters. The van der Waals surface area contributed by atoms with E-state index in [0.29, 0.717) is 0 Å². The molecule has 11 heteroatoms. The molecule has 4 rings (SSSR count). The summed E-state index contributed by atoms with van der Waals surface area (Å²) in [5.74, 6) is -1.24. The molecule has 0 saturated carbocycles. The van der Waals surface area contributed by atoms with Crippen LogP contribution in [0.15, 0.2) is 42.0 Å². The number of hydrogen-bond acceptors (Lipinski definition) is 7. The molecule has 4 N–H and O–H groups in total. The van der Waals surface area contributed by atoms with Crippen LogP contribution in [0.1, 0.15) is 61.9 Å². The van der Waals surface area contributed by atoms with Crippen molar-refractivity contribution in [2.24, 2.45) is 5.41 Å². The number of likely N-dealkylation sites (tertiary alicyclic amines) is 1. The van der Waals surface area contributed by atoms with Crippen LogP contribution in [0.5, 0.6) is 0 Å². The summed E-state index contributed by atoms with van der Waals surface area (Å²) in [4.78, 5) is 46.5. The van der Waals surface area contributed by atoms with Crippen molar-refractivity contribution in [2.45, 2.75) is 65.3 Å². The Balaban J connectivity index is 1.47. The van der Waals surface area contributed by atoms with E-state index in [1.807, 2.05) is 64.4 Å². The van der Waals surface area contributed by atoms with Crippen molar-refractivity contribution in [1.82, 2.24) is 30.7 Å². The highest BCUT2D eigenvalue weighted by Crippen LogP contribution is 2.29. The third kappa shape index (κ3) is 5.94. The van der Waals surface area contributed by atoms with Gasteiger partial charge in [-0.15, -0.1) is 11.3 Å². The van der Waals surface area contributed by atoms with E-state index in [4.69, 9.17) is 0 Å². The first-order valence-electron chi connectivity index (χ1n) is 12.5. The molecular formula is C27H34N6O4S. The fourth-order valence-electron chi connectivity index (χ4n) is 4.61. The van der Waals surface area contributed by atoms with Gasteiger partial charge in [-0.05, 0) is 36.5 Å². The minimum Gasteiger partial charge on any atom is -0.391 e. The standard InChI is InChI=1S/C27H34N6O4S/c1-15(17-6-8-18(9-7-17)22-16(2)28-14-38-22)30-25(36)21-12-19(34)13-33(21)26(37)23(27(3,4)5)31-24(35)20-10-11-29-32-20/h6-11,14-15,19,21,23,34H,12-13H2,1-5H3,(H,29,32)(H,30,36)(H,31,35)/t15-,19+,21-,23+/m0/s1. The van der Waals surface area contributed by atoms with Crippen molar-refractivity contribution in [2.75, 3.05) is 6.54 Å². The molecule has 1 saturated heterocycles. The first kappa shape index (κ1) is 27.5. The topological polar surface area (TPSA) is 140 Å². The lowest BCUT2D eigenvalue weighted by Crippen LogP contribution is -2.57. The van der Waals surface area contributed by atoms with Gasteiger partial charge in [0.1, 0.15) is 17.8 Å².